The first-order valence-corrected chi connectivity index (χ1v) is 6.73. The first-order valence-electron chi connectivity index (χ1n) is 6.73. The number of benzene rings is 1. The number of hydrogen-bond acceptors (Lipinski definition) is 4. The quantitative estimate of drug-likeness (QED) is 0.855. The minimum absolute atomic E-state index is 0.0447. The summed E-state index contributed by atoms with van der Waals surface area (Å²) in [7, 11) is 3.40. The van der Waals surface area contributed by atoms with Crippen LogP contribution < -0.4 is 10.6 Å². The monoisotopic (exact) mass is 288 g/mol. The topological polar surface area (TPSA) is 68.2 Å². The van der Waals surface area contributed by atoms with E-state index in [0.717, 1.165) is 17.1 Å². The number of rotatable bonds is 6. The van der Waals surface area contributed by atoms with E-state index in [1.54, 1.807) is 6.20 Å². The Labute approximate surface area is 124 Å². The number of methoxy groups -OCH3 is 1. The molecule has 1 aromatic carbocycles. The summed E-state index contributed by atoms with van der Waals surface area (Å²) in [5.74, 6) is -0.172. The van der Waals surface area contributed by atoms with Crippen molar-refractivity contribution in [2.45, 2.75) is 13.0 Å². The van der Waals surface area contributed by atoms with Crippen molar-refractivity contribution in [3.8, 4) is 0 Å². The van der Waals surface area contributed by atoms with E-state index in [4.69, 9.17) is 4.74 Å². The van der Waals surface area contributed by atoms with E-state index in [2.05, 4.69) is 22.7 Å². The van der Waals surface area contributed by atoms with Gasteiger partial charge in [-0.3, -0.25) is 9.48 Å². The van der Waals surface area contributed by atoms with Crippen LogP contribution in [0.4, 0.5) is 11.4 Å². The van der Waals surface area contributed by atoms with Crippen molar-refractivity contribution in [2.24, 2.45) is 7.05 Å². The molecule has 2 rings (SSSR count). The van der Waals surface area contributed by atoms with Gasteiger partial charge < -0.3 is 15.4 Å². The van der Waals surface area contributed by atoms with Gasteiger partial charge in [0.05, 0.1) is 11.7 Å². The van der Waals surface area contributed by atoms with Gasteiger partial charge in [0.25, 0.3) is 0 Å². The predicted molar refractivity (Wildman–Crippen MR) is 82.2 cm³/mol. The van der Waals surface area contributed by atoms with Crippen LogP contribution in [-0.2, 0) is 16.6 Å². The van der Waals surface area contributed by atoms with Gasteiger partial charge in [0.15, 0.2) is 0 Å². The second-order valence-corrected chi connectivity index (χ2v) is 4.81. The van der Waals surface area contributed by atoms with Gasteiger partial charge in [0.1, 0.15) is 6.61 Å². The number of carbonyl (C=O) groups is 1. The van der Waals surface area contributed by atoms with Crippen LogP contribution in [0.1, 0.15) is 18.7 Å². The molecular weight excluding hydrogens is 268 g/mol. The predicted octanol–water partition coefficient (Wildman–Crippen LogP) is 2.18. The van der Waals surface area contributed by atoms with E-state index in [0.29, 0.717) is 0 Å². The Morgan fingerprint density at radius 3 is 2.81 bits per heavy atom. The van der Waals surface area contributed by atoms with E-state index in [-0.39, 0.29) is 18.6 Å². The number of anilines is 2. The lowest BCUT2D eigenvalue weighted by Gasteiger charge is -2.16. The van der Waals surface area contributed by atoms with Gasteiger partial charge in [-0.2, -0.15) is 5.10 Å². The second kappa shape index (κ2) is 6.90. The third kappa shape index (κ3) is 4.06. The summed E-state index contributed by atoms with van der Waals surface area (Å²) in [5, 5.41) is 10.3. The fourth-order valence-corrected chi connectivity index (χ4v) is 2.15. The Hall–Kier alpha value is -2.34. The van der Waals surface area contributed by atoms with Gasteiger partial charge in [-0.15, -0.1) is 0 Å². The Morgan fingerprint density at radius 1 is 1.38 bits per heavy atom. The standard InChI is InChI=1S/C15H20N4O2/c1-11(14-7-8-16-19(14)2)17-12-5-4-6-13(9-12)18-15(20)10-21-3/h4-9,11,17H,10H2,1-3H3,(H,18,20). The maximum absolute atomic E-state index is 11.5. The Balaban J connectivity index is 2.04. The largest absolute Gasteiger partial charge is 0.377 e. The van der Waals surface area contributed by atoms with Crippen LogP contribution in [0.2, 0.25) is 0 Å². The van der Waals surface area contributed by atoms with Crippen molar-refractivity contribution in [3.05, 3.63) is 42.2 Å². The highest BCUT2D eigenvalue weighted by Crippen LogP contribution is 2.21. The zero-order valence-electron chi connectivity index (χ0n) is 12.5. The molecule has 1 heterocycles. The fourth-order valence-electron chi connectivity index (χ4n) is 2.15. The summed E-state index contributed by atoms with van der Waals surface area (Å²) in [6, 6.07) is 9.66. The summed E-state index contributed by atoms with van der Waals surface area (Å²) in [4.78, 5) is 11.5. The van der Waals surface area contributed by atoms with Gasteiger partial charge in [-0.1, -0.05) is 6.07 Å². The molecule has 6 heteroatoms. The van der Waals surface area contributed by atoms with Gasteiger partial charge in [-0.05, 0) is 31.2 Å². The van der Waals surface area contributed by atoms with Crippen LogP contribution in [-0.4, -0.2) is 29.4 Å². The van der Waals surface area contributed by atoms with Crippen molar-refractivity contribution in [1.82, 2.24) is 9.78 Å². The van der Waals surface area contributed by atoms with Crippen molar-refractivity contribution in [2.75, 3.05) is 24.4 Å². The smallest absolute Gasteiger partial charge is 0.250 e. The van der Waals surface area contributed by atoms with Gasteiger partial charge >= 0.3 is 0 Å². The zero-order chi connectivity index (χ0) is 15.2. The second-order valence-electron chi connectivity index (χ2n) is 4.81. The van der Waals surface area contributed by atoms with Crippen LogP contribution in [0.5, 0.6) is 0 Å². The van der Waals surface area contributed by atoms with Crippen molar-refractivity contribution < 1.29 is 9.53 Å². The SMILES string of the molecule is COCC(=O)Nc1cccc(NC(C)c2ccnn2C)c1. The number of nitrogens with one attached hydrogen (secondary N) is 2. The van der Waals surface area contributed by atoms with E-state index in [1.807, 2.05) is 42.1 Å². The Morgan fingerprint density at radius 2 is 2.14 bits per heavy atom. The summed E-state index contributed by atoms with van der Waals surface area (Å²) in [5.41, 5.74) is 2.75. The lowest BCUT2D eigenvalue weighted by Crippen LogP contribution is -2.17. The van der Waals surface area contributed by atoms with Crippen LogP contribution >= 0.6 is 0 Å². The van der Waals surface area contributed by atoms with Crippen LogP contribution in [0.25, 0.3) is 0 Å². The van der Waals surface area contributed by atoms with Crippen molar-refractivity contribution in [3.63, 3.8) is 0 Å². The molecule has 112 valence electrons. The number of nitrogens with zero attached hydrogens (tertiary/aromatic N) is 2. The van der Waals surface area contributed by atoms with Crippen LogP contribution in [0.15, 0.2) is 36.5 Å². The molecule has 1 unspecified atom stereocenters. The molecule has 0 radical (unpaired) electrons. The number of amides is 1. The molecule has 1 amide bonds. The van der Waals surface area contributed by atoms with E-state index in [1.165, 1.54) is 7.11 Å². The molecule has 0 aliphatic rings. The van der Waals surface area contributed by atoms with Gasteiger partial charge in [-0.25, -0.2) is 0 Å². The summed E-state index contributed by atoms with van der Waals surface area (Å²) in [6.45, 7) is 2.11. The first-order chi connectivity index (χ1) is 10.1. The minimum Gasteiger partial charge on any atom is -0.377 e. The molecule has 0 saturated heterocycles. The molecule has 1 atom stereocenters. The Bertz CT molecular complexity index is 609. The van der Waals surface area contributed by atoms with Crippen molar-refractivity contribution in [1.29, 1.82) is 0 Å². The maximum Gasteiger partial charge on any atom is 0.250 e. The molecule has 2 aromatic rings. The lowest BCUT2D eigenvalue weighted by atomic mass is 10.2. The number of aromatic nitrogens is 2. The van der Waals surface area contributed by atoms with Gasteiger partial charge in [0.2, 0.25) is 5.91 Å². The molecule has 1 aromatic heterocycles. The fraction of sp³-hybridized carbons (Fsp3) is 0.333. The van der Waals surface area contributed by atoms with E-state index < -0.39 is 0 Å². The van der Waals surface area contributed by atoms with Crippen LogP contribution in [0, 0.1) is 0 Å². The highest BCUT2D eigenvalue weighted by Gasteiger charge is 2.09. The van der Waals surface area contributed by atoms with E-state index in [9.17, 15) is 4.79 Å². The number of aryl methyl sites for hydroxylation is 1. The molecule has 0 aliphatic heterocycles. The molecule has 0 aliphatic carbocycles. The molecule has 0 bridgehead atoms. The summed E-state index contributed by atoms with van der Waals surface area (Å²) in [6.07, 6.45) is 1.77. The van der Waals surface area contributed by atoms with Crippen LogP contribution in [0.3, 0.4) is 0 Å². The van der Waals surface area contributed by atoms with E-state index >= 15 is 0 Å². The minimum atomic E-state index is -0.172. The highest BCUT2D eigenvalue weighted by atomic mass is 16.5. The molecule has 0 saturated carbocycles. The molecular formula is C15H20N4O2. The summed E-state index contributed by atoms with van der Waals surface area (Å²) >= 11 is 0. The molecule has 2 N–H and O–H groups in total. The third-order valence-corrected chi connectivity index (χ3v) is 3.11. The third-order valence-electron chi connectivity index (χ3n) is 3.11. The Kier molecular flexibility index (Phi) is 4.94. The molecule has 0 fully saturated rings. The van der Waals surface area contributed by atoms with Gasteiger partial charge in [0, 0.05) is 31.7 Å². The first kappa shape index (κ1) is 15.1. The van der Waals surface area contributed by atoms with Crippen molar-refractivity contribution >= 4 is 17.3 Å². The number of ether oxygens (including phenoxy) is 1. The number of hydrogen-bond donors (Lipinski definition) is 2. The average molecular weight is 288 g/mol. The average Bonchev–Trinajstić information content (AvgIpc) is 2.85. The molecule has 6 nitrogen and oxygen atoms in total. The highest BCUT2D eigenvalue weighted by molar-refractivity contribution is 5.92. The maximum atomic E-state index is 11.5. The molecule has 21 heavy (non-hydrogen) atoms. The molecule has 0 spiro atoms. The zero-order valence-corrected chi connectivity index (χ0v) is 12.5. The summed E-state index contributed by atoms with van der Waals surface area (Å²) < 4.78 is 6.63. The normalized spacial score (nSPS) is 12.0. The lowest BCUT2D eigenvalue weighted by molar-refractivity contribution is -0.119. The number of carbonyl (C=O) groups excluding carboxylic acids is 1.